The molecule has 0 saturated carbocycles. The van der Waals surface area contributed by atoms with Crippen molar-refractivity contribution in [1.29, 1.82) is 0 Å². The van der Waals surface area contributed by atoms with E-state index in [9.17, 15) is 14.5 Å². The van der Waals surface area contributed by atoms with Crippen molar-refractivity contribution in [1.82, 2.24) is 9.57 Å². The van der Waals surface area contributed by atoms with E-state index < -0.39 is 18.9 Å². The first-order chi connectivity index (χ1) is 11.9. The van der Waals surface area contributed by atoms with Gasteiger partial charge in [-0.25, -0.2) is 10.2 Å². The Bertz CT molecular complexity index is 525. The number of carbonyl (C=O) groups excluding carboxylic acids is 1. The Balaban J connectivity index is 2.51. The van der Waals surface area contributed by atoms with E-state index in [1.54, 1.807) is 43.3 Å². The highest BCUT2D eigenvalue weighted by molar-refractivity contribution is 7.53. The van der Waals surface area contributed by atoms with Crippen LogP contribution in [0.5, 0.6) is 0 Å². The van der Waals surface area contributed by atoms with Gasteiger partial charge in [-0.3, -0.25) is 9.36 Å². The summed E-state index contributed by atoms with van der Waals surface area (Å²) in [6, 6.07) is 0. The molecule has 1 unspecified atom stereocenters. The van der Waals surface area contributed by atoms with Gasteiger partial charge >= 0.3 is 7.67 Å². The average Bonchev–Trinajstić information content (AvgIpc) is 2.53. The van der Waals surface area contributed by atoms with E-state index in [-0.39, 0.29) is 19.1 Å². The molecular weight excluding hydrogens is 357 g/mol. The Kier molecular flexibility index (Phi) is 8.45. The minimum atomic E-state index is -3.34. The maximum Gasteiger partial charge on any atom is 0.340 e. The molecule has 0 aliphatic carbocycles. The SMILES string of the molecule is C=CCCOP(N)(=O)N1CCN(C(=O)C(C)(C)OCCC(C)(C)O)CC1. The van der Waals surface area contributed by atoms with Crippen LogP contribution in [0, 0.1) is 0 Å². The Hall–Kier alpha value is -0.760. The molecule has 1 rings (SSSR count). The Morgan fingerprint density at radius 1 is 1.23 bits per heavy atom. The lowest BCUT2D eigenvalue weighted by molar-refractivity contribution is -0.157. The number of hydrogen-bond acceptors (Lipinski definition) is 5. The van der Waals surface area contributed by atoms with Crippen LogP contribution >= 0.6 is 7.67 Å². The van der Waals surface area contributed by atoms with Gasteiger partial charge in [0.05, 0.1) is 18.8 Å². The highest BCUT2D eigenvalue weighted by atomic mass is 31.2. The molecule has 0 spiro atoms. The summed E-state index contributed by atoms with van der Waals surface area (Å²) in [5, 5.41) is 9.75. The highest BCUT2D eigenvalue weighted by Crippen LogP contribution is 2.43. The number of carbonyl (C=O) groups is 1. The van der Waals surface area contributed by atoms with Crippen LogP contribution in [0.4, 0.5) is 0 Å². The topological polar surface area (TPSA) is 105 Å². The zero-order chi connectivity index (χ0) is 20.0. The predicted molar refractivity (Wildman–Crippen MR) is 102 cm³/mol. The quantitative estimate of drug-likeness (QED) is 0.332. The Morgan fingerprint density at radius 2 is 1.81 bits per heavy atom. The third-order valence-corrected chi connectivity index (χ3v) is 5.97. The lowest BCUT2D eigenvalue weighted by Gasteiger charge is -2.39. The molecule has 9 heteroatoms. The molecular formula is C17H34N3O5P. The van der Waals surface area contributed by atoms with Crippen LogP contribution in [0.25, 0.3) is 0 Å². The first-order valence-electron chi connectivity index (χ1n) is 8.94. The van der Waals surface area contributed by atoms with E-state index in [0.717, 1.165) is 0 Å². The minimum absolute atomic E-state index is 0.132. The fraction of sp³-hybridized carbons (Fsp3) is 0.824. The van der Waals surface area contributed by atoms with Crippen LogP contribution in [0.15, 0.2) is 12.7 Å². The molecule has 1 amide bonds. The van der Waals surface area contributed by atoms with E-state index >= 15 is 0 Å². The van der Waals surface area contributed by atoms with E-state index in [2.05, 4.69) is 6.58 Å². The molecule has 0 aromatic rings. The fourth-order valence-corrected chi connectivity index (χ4v) is 3.79. The lowest BCUT2D eigenvalue weighted by Crippen LogP contribution is -2.54. The van der Waals surface area contributed by atoms with E-state index in [1.165, 1.54) is 0 Å². The monoisotopic (exact) mass is 391 g/mol. The van der Waals surface area contributed by atoms with Crippen molar-refractivity contribution in [2.24, 2.45) is 5.50 Å². The molecule has 152 valence electrons. The molecule has 0 radical (unpaired) electrons. The van der Waals surface area contributed by atoms with Crippen molar-refractivity contribution in [3.63, 3.8) is 0 Å². The molecule has 0 aromatic carbocycles. The number of nitrogens with zero attached hydrogens (tertiary/aromatic N) is 2. The Labute approximate surface area is 156 Å². The van der Waals surface area contributed by atoms with Gasteiger partial charge in [-0.15, -0.1) is 6.58 Å². The van der Waals surface area contributed by atoms with Gasteiger partial charge in [0.2, 0.25) is 0 Å². The van der Waals surface area contributed by atoms with Gasteiger partial charge in [0, 0.05) is 26.2 Å². The maximum absolute atomic E-state index is 12.7. The van der Waals surface area contributed by atoms with Crippen LogP contribution < -0.4 is 5.50 Å². The third kappa shape index (κ3) is 7.47. The summed E-state index contributed by atoms with van der Waals surface area (Å²) in [5.74, 6) is -0.132. The molecule has 1 aliphatic heterocycles. The van der Waals surface area contributed by atoms with Crippen LogP contribution in [0.3, 0.4) is 0 Å². The van der Waals surface area contributed by atoms with Crippen LogP contribution in [0.2, 0.25) is 0 Å². The second-order valence-corrected chi connectivity index (χ2v) is 9.59. The predicted octanol–water partition coefficient (Wildman–Crippen LogP) is 1.75. The van der Waals surface area contributed by atoms with Crippen LogP contribution in [0.1, 0.15) is 40.5 Å². The van der Waals surface area contributed by atoms with Crippen molar-refractivity contribution < 1.29 is 23.7 Å². The van der Waals surface area contributed by atoms with Gasteiger partial charge in [0.25, 0.3) is 5.91 Å². The van der Waals surface area contributed by atoms with Crippen LogP contribution in [-0.2, 0) is 18.6 Å². The summed E-state index contributed by atoms with van der Waals surface area (Å²) < 4.78 is 25.0. The summed E-state index contributed by atoms with van der Waals surface area (Å²) in [6.45, 7) is 12.6. The minimum Gasteiger partial charge on any atom is -0.390 e. The second-order valence-electron chi connectivity index (χ2n) is 7.64. The first-order valence-corrected chi connectivity index (χ1v) is 10.6. The fourth-order valence-electron chi connectivity index (χ4n) is 2.52. The number of amides is 1. The van der Waals surface area contributed by atoms with E-state index in [1.807, 2.05) is 0 Å². The largest absolute Gasteiger partial charge is 0.390 e. The zero-order valence-electron chi connectivity index (χ0n) is 16.4. The number of ether oxygens (including phenoxy) is 1. The van der Waals surface area contributed by atoms with Gasteiger partial charge in [-0.05, 0) is 40.5 Å². The van der Waals surface area contributed by atoms with Crippen molar-refractivity contribution in [2.75, 3.05) is 39.4 Å². The standard InChI is InChI=1S/C17H34N3O5P/c1-6-7-13-25-26(18,23)20-11-9-19(10-12-20)15(21)17(4,5)24-14-8-16(2,3)22/h6,22H,1,7-14H2,2-5H3,(H2,18,23). The van der Waals surface area contributed by atoms with Gasteiger partial charge in [0.15, 0.2) is 0 Å². The molecule has 1 aliphatic rings. The van der Waals surface area contributed by atoms with Crippen molar-refractivity contribution >= 4 is 13.6 Å². The molecule has 3 N–H and O–H groups in total. The molecule has 1 fully saturated rings. The highest BCUT2D eigenvalue weighted by Gasteiger charge is 2.37. The summed E-state index contributed by atoms with van der Waals surface area (Å²) in [4.78, 5) is 14.4. The van der Waals surface area contributed by atoms with Crippen molar-refractivity contribution in [3.05, 3.63) is 12.7 Å². The smallest absolute Gasteiger partial charge is 0.340 e. The number of hydrogen-bond donors (Lipinski definition) is 2. The van der Waals surface area contributed by atoms with Crippen molar-refractivity contribution in [2.45, 2.75) is 51.7 Å². The Morgan fingerprint density at radius 3 is 2.31 bits per heavy atom. The summed E-state index contributed by atoms with van der Waals surface area (Å²) in [6.07, 6.45) is 2.70. The van der Waals surface area contributed by atoms with Crippen molar-refractivity contribution in [3.8, 4) is 0 Å². The molecule has 1 heterocycles. The normalized spacial score (nSPS) is 19.2. The van der Waals surface area contributed by atoms with Gasteiger partial charge < -0.3 is 19.3 Å². The number of nitrogens with two attached hydrogens (primary N) is 1. The van der Waals surface area contributed by atoms with E-state index in [4.69, 9.17) is 14.8 Å². The number of rotatable bonds is 10. The number of piperazine rings is 1. The molecule has 0 bridgehead atoms. The molecule has 8 nitrogen and oxygen atoms in total. The lowest BCUT2D eigenvalue weighted by atomic mass is 10.0. The van der Waals surface area contributed by atoms with E-state index in [0.29, 0.717) is 39.0 Å². The first kappa shape index (κ1) is 23.3. The summed E-state index contributed by atoms with van der Waals surface area (Å²) in [5.41, 5.74) is 4.00. The zero-order valence-corrected chi connectivity index (χ0v) is 17.3. The molecule has 26 heavy (non-hydrogen) atoms. The third-order valence-electron chi connectivity index (χ3n) is 4.23. The molecule has 0 aromatic heterocycles. The maximum atomic E-state index is 12.7. The molecule has 1 atom stereocenters. The second kappa shape index (κ2) is 9.44. The molecule has 1 saturated heterocycles. The van der Waals surface area contributed by atoms with Gasteiger partial charge in [-0.2, -0.15) is 0 Å². The van der Waals surface area contributed by atoms with Gasteiger partial charge in [0.1, 0.15) is 5.60 Å². The average molecular weight is 391 g/mol. The summed E-state index contributed by atoms with van der Waals surface area (Å²) >= 11 is 0. The number of aliphatic hydroxyl groups is 1. The van der Waals surface area contributed by atoms with Gasteiger partial charge in [-0.1, -0.05) is 6.08 Å². The van der Waals surface area contributed by atoms with Crippen LogP contribution in [-0.4, -0.2) is 71.2 Å². The summed E-state index contributed by atoms with van der Waals surface area (Å²) in [7, 11) is -3.34.